The molecule has 344 valence electrons. The van der Waals surface area contributed by atoms with E-state index in [4.69, 9.17) is 9.47 Å². The fourth-order valence-corrected chi connectivity index (χ4v) is 6.96. The van der Waals surface area contributed by atoms with E-state index in [1.165, 1.54) is 12.4 Å². The van der Waals surface area contributed by atoms with Crippen LogP contribution in [-0.4, -0.2) is 43.8 Å². The quantitative estimate of drug-likeness (QED) is 0.0776. The molecule has 0 aliphatic rings. The summed E-state index contributed by atoms with van der Waals surface area (Å²) in [5.74, 6) is -0.258. The maximum Gasteiger partial charge on any atom is 0.534 e. The minimum atomic E-state index is -6.27. The van der Waals surface area contributed by atoms with Gasteiger partial charge in [0.05, 0.1) is 33.5 Å². The molecule has 0 amide bonds. The summed E-state index contributed by atoms with van der Waals surface area (Å²) in [7, 11) is -6.27. The molecule has 0 aliphatic heterocycles. The SMILES string of the molecule is FC(F)(F)c1ccc(-c2cc(Oc3ccc4cccnc4c3)ncn2)c(-c2ccccc2)c1.O=S(=O)(Oc1cc(C(F)(F)F)ccc1-c1cc(Oc2ccc3cccnc3c2)ncn1)C(F)(F)F. The molecule has 11 nitrogen and oxygen atoms in total. The van der Waals surface area contributed by atoms with E-state index in [2.05, 4.69) is 34.1 Å². The number of fused-ring (bicyclic) bond motifs is 2. The van der Waals surface area contributed by atoms with Gasteiger partial charge in [0.15, 0.2) is 5.75 Å². The number of hydrogen-bond donors (Lipinski definition) is 0. The van der Waals surface area contributed by atoms with Crippen LogP contribution in [0.4, 0.5) is 39.5 Å². The molecule has 9 aromatic rings. The molecule has 21 heteroatoms. The standard InChI is InChI=1S/C26H16F3N3O.C21H11F6N3O4S/c27-26(28,29)19-9-11-21(22(13-19)17-5-2-1-3-6-17)24-15-25(32-16-31-24)33-20-10-8-18-7-4-12-30-23(18)14-20;22-20(23,24)13-4-6-15(18(8-13)34-35(31,32)21(25,26)27)17-10-19(30-11-29-17)33-14-5-3-12-2-1-7-28-16(12)9-14/h1-16H;1-11H. The Hall–Kier alpha value is -8.20. The maximum atomic E-state index is 13.4. The monoisotopic (exact) mass is 958 g/mol. The summed E-state index contributed by atoms with van der Waals surface area (Å²) >= 11 is 0. The largest absolute Gasteiger partial charge is 0.534 e. The van der Waals surface area contributed by atoms with E-state index >= 15 is 0 Å². The van der Waals surface area contributed by atoms with Crippen LogP contribution in [0.15, 0.2) is 165 Å². The molecule has 68 heavy (non-hydrogen) atoms. The zero-order chi connectivity index (χ0) is 48.3. The molecule has 9 rings (SSSR count). The Morgan fingerprint density at radius 3 is 1.46 bits per heavy atom. The van der Waals surface area contributed by atoms with Crippen molar-refractivity contribution in [1.29, 1.82) is 0 Å². The van der Waals surface area contributed by atoms with Crippen LogP contribution in [0, 0.1) is 0 Å². The lowest BCUT2D eigenvalue weighted by molar-refractivity contribution is -0.138. The van der Waals surface area contributed by atoms with E-state index in [0.717, 1.165) is 46.9 Å². The van der Waals surface area contributed by atoms with Gasteiger partial charge >= 0.3 is 28.0 Å². The van der Waals surface area contributed by atoms with Crippen molar-refractivity contribution >= 4 is 31.9 Å². The molecule has 0 unspecified atom stereocenters. The molecule has 0 fully saturated rings. The number of pyridine rings is 2. The van der Waals surface area contributed by atoms with E-state index in [1.54, 1.807) is 79.1 Å². The first-order chi connectivity index (χ1) is 32.3. The van der Waals surface area contributed by atoms with Gasteiger partial charge in [-0.2, -0.15) is 47.9 Å². The molecule has 4 heterocycles. The van der Waals surface area contributed by atoms with E-state index < -0.39 is 50.4 Å². The lowest BCUT2D eigenvalue weighted by Gasteiger charge is -2.15. The minimum absolute atomic E-state index is 0.130. The van der Waals surface area contributed by atoms with Crippen molar-refractivity contribution in [2.24, 2.45) is 0 Å². The predicted molar refractivity (Wildman–Crippen MR) is 230 cm³/mol. The first-order valence-electron chi connectivity index (χ1n) is 19.5. The fraction of sp³-hybridized carbons (Fsp3) is 0.0638. The molecule has 0 bridgehead atoms. The van der Waals surface area contributed by atoms with Crippen molar-refractivity contribution in [3.05, 3.63) is 176 Å². The van der Waals surface area contributed by atoms with Gasteiger partial charge < -0.3 is 13.7 Å². The van der Waals surface area contributed by atoms with Gasteiger partial charge in [0, 0.05) is 58.6 Å². The second kappa shape index (κ2) is 18.6. The third kappa shape index (κ3) is 10.7. The first kappa shape index (κ1) is 46.3. The summed E-state index contributed by atoms with van der Waals surface area (Å²) in [6.07, 6.45) is -3.91. The normalized spacial score (nSPS) is 12.0. The highest BCUT2D eigenvalue weighted by atomic mass is 32.2. The molecule has 0 spiro atoms. The first-order valence-corrected chi connectivity index (χ1v) is 20.9. The van der Waals surface area contributed by atoms with Gasteiger partial charge in [0.2, 0.25) is 11.8 Å². The van der Waals surface area contributed by atoms with Crippen molar-refractivity contribution in [3.63, 3.8) is 0 Å². The molecular weight excluding hydrogens is 932 g/mol. The zero-order valence-corrected chi connectivity index (χ0v) is 34.9. The lowest BCUT2D eigenvalue weighted by atomic mass is 9.95. The van der Waals surface area contributed by atoms with E-state index in [-0.39, 0.29) is 29.3 Å². The number of ether oxygens (including phenoxy) is 2. The molecule has 0 atom stereocenters. The molecule has 0 saturated carbocycles. The summed E-state index contributed by atoms with van der Waals surface area (Å²) in [5, 5.41) is 1.80. The van der Waals surface area contributed by atoms with Crippen molar-refractivity contribution < 1.29 is 61.6 Å². The van der Waals surface area contributed by atoms with Crippen molar-refractivity contribution in [3.8, 4) is 62.7 Å². The Morgan fingerprint density at radius 2 is 0.941 bits per heavy atom. The second-order valence-electron chi connectivity index (χ2n) is 14.2. The molecule has 0 aliphatic carbocycles. The Bertz CT molecular complexity index is 3400. The number of aromatic nitrogens is 6. The lowest BCUT2D eigenvalue weighted by Crippen LogP contribution is -2.28. The number of nitrogens with zero attached hydrogens (tertiary/aromatic N) is 6. The van der Waals surface area contributed by atoms with Crippen LogP contribution in [0.2, 0.25) is 0 Å². The van der Waals surface area contributed by atoms with Gasteiger partial charge in [0.25, 0.3) is 0 Å². The highest BCUT2D eigenvalue weighted by Crippen LogP contribution is 2.41. The molecule has 0 radical (unpaired) electrons. The summed E-state index contributed by atoms with van der Waals surface area (Å²) in [4.78, 5) is 24.6. The molecule has 0 saturated heterocycles. The molecular formula is C47H27F9N6O5S. The van der Waals surface area contributed by atoms with Crippen LogP contribution in [0.1, 0.15) is 11.1 Å². The fourth-order valence-electron chi connectivity index (χ4n) is 6.49. The van der Waals surface area contributed by atoms with Crippen LogP contribution in [-0.2, 0) is 22.5 Å². The maximum absolute atomic E-state index is 13.4. The topological polar surface area (TPSA) is 139 Å². The van der Waals surface area contributed by atoms with E-state index in [1.807, 2.05) is 30.3 Å². The van der Waals surface area contributed by atoms with Crippen molar-refractivity contribution in [2.45, 2.75) is 17.9 Å². The Kier molecular flexibility index (Phi) is 12.7. The highest BCUT2D eigenvalue weighted by molar-refractivity contribution is 7.88. The summed E-state index contributed by atoms with van der Waals surface area (Å²) in [6, 6.07) is 34.4. The van der Waals surface area contributed by atoms with Crippen LogP contribution < -0.4 is 13.7 Å². The average molecular weight is 959 g/mol. The van der Waals surface area contributed by atoms with Crippen molar-refractivity contribution in [2.75, 3.05) is 0 Å². The van der Waals surface area contributed by atoms with Crippen molar-refractivity contribution in [1.82, 2.24) is 29.9 Å². The summed E-state index contributed by atoms with van der Waals surface area (Å²) in [6.45, 7) is 0. The van der Waals surface area contributed by atoms with E-state index in [0.29, 0.717) is 39.7 Å². The molecule has 5 aromatic carbocycles. The minimum Gasteiger partial charge on any atom is -0.439 e. The van der Waals surface area contributed by atoms with Crippen LogP contribution >= 0.6 is 0 Å². The zero-order valence-electron chi connectivity index (χ0n) is 34.1. The number of benzene rings is 5. The Balaban J connectivity index is 0.000000184. The smallest absolute Gasteiger partial charge is 0.439 e. The molecule has 0 N–H and O–H groups in total. The highest BCUT2D eigenvalue weighted by Gasteiger charge is 2.49. The summed E-state index contributed by atoms with van der Waals surface area (Å²) < 4.78 is 156. The van der Waals surface area contributed by atoms with Crippen LogP contribution in [0.25, 0.3) is 55.4 Å². The number of rotatable bonds is 9. The number of alkyl halides is 9. The van der Waals surface area contributed by atoms with Gasteiger partial charge in [-0.05, 0) is 77.9 Å². The van der Waals surface area contributed by atoms with E-state index in [9.17, 15) is 47.9 Å². The average Bonchev–Trinajstić information content (AvgIpc) is 3.31. The summed E-state index contributed by atoms with van der Waals surface area (Å²) in [5.41, 5.74) is -5.31. The van der Waals surface area contributed by atoms with Gasteiger partial charge in [-0.15, -0.1) is 0 Å². The van der Waals surface area contributed by atoms with Crippen LogP contribution in [0.3, 0.4) is 0 Å². The molecule has 4 aromatic heterocycles. The van der Waals surface area contributed by atoms with Crippen LogP contribution in [0.5, 0.6) is 29.0 Å². The second-order valence-corrected chi connectivity index (χ2v) is 15.8. The van der Waals surface area contributed by atoms with Gasteiger partial charge in [-0.3, -0.25) is 9.97 Å². The number of hydrogen-bond acceptors (Lipinski definition) is 11. The Labute approximate surface area is 378 Å². The van der Waals surface area contributed by atoms with Gasteiger partial charge in [-0.1, -0.05) is 48.5 Å². The third-order valence-electron chi connectivity index (χ3n) is 9.66. The van der Waals surface area contributed by atoms with Gasteiger partial charge in [-0.25, -0.2) is 19.9 Å². The third-order valence-corrected chi connectivity index (χ3v) is 10.6. The number of halogens is 9. The van der Waals surface area contributed by atoms with Gasteiger partial charge in [0.1, 0.15) is 24.2 Å². The Morgan fingerprint density at radius 1 is 0.441 bits per heavy atom. The predicted octanol–water partition coefficient (Wildman–Crippen LogP) is 12.9.